The largest absolute Gasteiger partial charge is 0.377 e. The summed E-state index contributed by atoms with van der Waals surface area (Å²) in [6.45, 7) is 9.01. The Kier molecular flexibility index (Phi) is 5.62. The summed E-state index contributed by atoms with van der Waals surface area (Å²) in [5.41, 5.74) is 6.43. The predicted molar refractivity (Wildman–Crippen MR) is 84.6 cm³/mol. The Morgan fingerprint density at radius 1 is 1.21 bits per heavy atom. The Balaban J connectivity index is 1.86. The zero-order valence-corrected chi connectivity index (χ0v) is 13.7. The minimum absolute atomic E-state index is 0.447. The van der Waals surface area contributed by atoms with Gasteiger partial charge in [0.05, 0.1) is 6.10 Å². The molecule has 2 fully saturated rings. The van der Waals surface area contributed by atoms with Gasteiger partial charge in [0.1, 0.15) is 0 Å². The van der Waals surface area contributed by atoms with Crippen LogP contribution in [0.5, 0.6) is 0 Å². The molecule has 1 saturated carbocycles. The second-order valence-electron chi connectivity index (χ2n) is 7.38. The van der Waals surface area contributed by atoms with Crippen molar-refractivity contribution in [2.45, 2.75) is 64.2 Å². The summed E-state index contributed by atoms with van der Waals surface area (Å²) in [5, 5.41) is 0.757. The first-order chi connectivity index (χ1) is 9.00. The van der Waals surface area contributed by atoms with E-state index in [4.69, 9.17) is 10.5 Å². The highest BCUT2D eigenvalue weighted by molar-refractivity contribution is 7.99. The van der Waals surface area contributed by atoms with Crippen LogP contribution in [0, 0.1) is 17.3 Å². The average molecular weight is 285 g/mol. The van der Waals surface area contributed by atoms with Crippen molar-refractivity contribution < 1.29 is 4.74 Å². The highest BCUT2D eigenvalue weighted by Gasteiger charge is 2.35. The second-order valence-corrected chi connectivity index (χ2v) is 8.65. The quantitative estimate of drug-likeness (QED) is 0.855. The highest BCUT2D eigenvalue weighted by Crippen LogP contribution is 2.44. The number of nitrogens with two attached hydrogens (primary N) is 1. The predicted octanol–water partition coefficient (Wildman–Crippen LogP) is 3.69. The van der Waals surface area contributed by atoms with E-state index in [9.17, 15) is 0 Å². The van der Waals surface area contributed by atoms with Gasteiger partial charge in [-0.05, 0) is 55.9 Å². The summed E-state index contributed by atoms with van der Waals surface area (Å²) in [4.78, 5) is 0. The number of rotatable bonds is 4. The molecule has 2 N–H and O–H groups in total. The zero-order chi connectivity index (χ0) is 13.9. The molecule has 1 heterocycles. The van der Waals surface area contributed by atoms with E-state index in [0.29, 0.717) is 11.5 Å². The minimum atomic E-state index is 0.447. The van der Waals surface area contributed by atoms with Crippen LogP contribution in [0.1, 0.15) is 52.9 Å². The maximum atomic E-state index is 5.99. The van der Waals surface area contributed by atoms with Crippen LogP contribution in [0.2, 0.25) is 0 Å². The Hall–Kier alpha value is 0.270. The zero-order valence-electron chi connectivity index (χ0n) is 12.9. The molecular formula is C16H31NOS. The summed E-state index contributed by atoms with van der Waals surface area (Å²) in [5.74, 6) is 2.76. The number of hydrogen-bond acceptors (Lipinski definition) is 3. The van der Waals surface area contributed by atoms with Crippen molar-refractivity contribution in [1.29, 1.82) is 0 Å². The molecule has 0 bridgehead atoms. The molecule has 19 heavy (non-hydrogen) atoms. The van der Waals surface area contributed by atoms with E-state index in [-0.39, 0.29) is 0 Å². The molecule has 4 atom stereocenters. The molecule has 0 amide bonds. The Morgan fingerprint density at radius 2 is 2.00 bits per heavy atom. The summed E-state index contributed by atoms with van der Waals surface area (Å²) in [6, 6.07) is 0. The molecule has 1 aliphatic heterocycles. The second kappa shape index (κ2) is 6.82. The Morgan fingerprint density at radius 3 is 2.58 bits per heavy atom. The molecule has 0 aromatic carbocycles. The molecule has 4 unspecified atom stereocenters. The third-order valence-electron chi connectivity index (χ3n) is 4.98. The van der Waals surface area contributed by atoms with E-state index < -0.39 is 0 Å². The van der Waals surface area contributed by atoms with Gasteiger partial charge in [-0.25, -0.2) is 0 Å². The van der Waals surface area contributed by atoms with Gasteiger partial charge in [-0.3, -0.25) is 0 Å². The highest BCUT2D eigenvalue weighted by atomic mass is 32.2. The summed E-state index contributed by atoms with van der Waals surface area (Å²) < 4.78 is 5.75. The number of ether oxygens (including phenoxy) is 1. The molecule has 2 aliphatic rings. The maximum Gasteiger partial charge on any atom is 0.0666 e. The first-order valence-electron chi connectivity index (χ1n) is 7.94. The van der Waals surface area contributed by atoms with Gasteiger partial charge >= 0.3 is 0 Å². The third-order valence-corrected chi connectivity index (χ3v) is 6.55. The molecule has 2 nitrogen and oxygen atoms in total. The van der Waals surface area contributed by atoms with Crippen molar-refractivity contribution in [3.05, 3.63) is 0 Å². The van der Waals surface area contributed by atoms with Crippen LogP contribution in [0.15, 0.2) is 0 Å². The van der Waals surface area contributed by atoms with E-state index in [2.05, 4.69) is 32.5 Å². The summed E-state index contributed by atoms with van der Waals surface area (Å²) >= 11 is 2.14. The fourth-order valence-corrected chi connectivity index (χ4v) is 5.07. The molecule has 0 radical (unpaired) electrons. The number of hydrogen-bond donors (Lipinski definition) is 1. The van der Waals surface area contributed by atoms with Crippen LogP contribution < -0.4 is 5.73 Å². The van der Waals surface area contributed by atoms with Crippen molar-refractivity contribution in [3.63, 3.8) is 0 Å². The molecule has 0 aromatic rings. The van der Waals surface area contributed by atoms with E-state index in [1.54, 1.807) is 0 Å². The van der Waals surface area contributed by atoms with Crippen LogP contribution in [0.4, 0.5) is 0 Å². The molecule has 1 aliphatic carbocycles. The monoisotopic (exact) mass is 285 g/mol. The molecular weight excluding hydrogens is 254 g/mol. The van der Waals surface area contributed by atoms with Gasteiger partial charge in [-0.1, -0.05) is 20.8 Å². The van der Waals surface area contributed by atoms with Crippen LogP contribution in [0.3, 0.4) is 0 Å². The van der Waals surface area contributed by atoms with Crippen molar-refractivity contribution in [3.8, 4) is 0 Å². The number of thioether (sulfide) groups is 1. The van der Waals surface area contributed by atoms with Gasteiger partial charge in [0.15, 0.2) is 0 Å². The molecule has 0 spiro atoms. The average Bonchev–Trinajstić information content (AvgIpc) is 2.88. The van der Waals surface area contributed by atoms with Gasteiger partial charge < -0.3 is 10.5 Å². The minimum Gasteiger partial charge on any atom is -0.377 e. The van der Waals surface area contributed by atoms with Gasteiger partial charge in [0.25, 0.3) is 0 Å². The maximum absolute atomic E-state index is 5.99. The fourth-order valence-electron chi connectivity index (χ4n) is 3.46. The van der Waals surface area contributed by atoms with Gasteiger partial charge in [0.2, 0.25) is 0 Å². The lowest BCUT2D eigenvalue weighted by Crippen LogP contribution is -2.37. The SMILES string of the molecule is CC(C)(C)C1CCC(CN)C(SCC2CCCO2)C1. The topological polar surface area (TPSA) is 35.2 Å². The molecule has 2 rings (SSSR count). The Labute approximate surface area is 123 Å². The van der Waals surface area contributed by atoms with Crippen molar-refractivity contribution >= 4 is 11.8 Å². The fraction of sp³-hybridized carbons (Fsp3) is 1.00. The van der Waals surface area contributed by atoms with Gasteiger partial charge in [0, 0.05) is 17.6 Å². The van der Waals surface area contributed by atoms with Crippen LogP contribution in [0.25, 0.3) is 0 Å². The standard InChI is InChI=1S/C16H31NOS/c1-16(2,3)13-7-6-12(10-17)15(9-13)19-11-14-5-4-8-18-14/h12-15H,4-11,17H2,1-3H3. The lowest BCUT2D eigenvalue weighted by Gasteiger charge is -2.41. The van der Waals surface area contributed by atoms with E-state index in [1.807, 2.05) is 0 Å². The van der Waals surface area contributed by atoms with E-state index >= 15 is 0 Å². The normalized spacial score (nSPS) is 36.6. The van der Waals surface area contributed by atoms with Crippen molar-refractivity contribution in [2.24, 2.45) is 23.0 Å². The molecule has 3 heteroatoms. The van der Waals surface area contributed by atoms with Gasteiger partial charge in [-0.2, -0.15) is 11.8 Å². The first kappa shape index (κ1) is 15.7. The van der Waals surface area contributed by atoms with Crippen molar-refractivity contribution in [2.75, 3.05) is 18.9 Å². The smallest absolute Gasteiger partial charge is 0.0666 e. The van der Waals surface area contributed by atoms with Crippen LogP contribution in [-0.2, 0) is 4.74 Å². The third kappa shape index (κ3) is 4.37. The summed E-state index contributed by atoms with van der Waals surface area (Å²) in [6.07, 6.45) is 7.06. The van der Waals surface area contributed by atoms with Gasteiger partial charge in [-0.15, -0.1) is 0 Å². The summed E-state index contributed by atoms with van der Waals surface area (Å²) in [7, 11) is 0. The lowest BCUT2D eigenvalue weighted by atomic mass is 9.69. The van der Waals surface area contributed by atoms with E-state index in [1.165, 1.54) is 37.9 Å². The van der Waals surface area contributed by atoms with Crippen molar-refractivity contribution in [1.82, 2.24) is 0 Å². The first-order valence-corrected chi connectivity index (χ1v) is 8.99. The lowest BCUT2D eigenvalue weighted by molar-refractivity contribution is 0.128. The van der Waals surface area contributed by atoms with E-state index in [0.717, 1.165) is 30.2 Å². The molecule has 112 valence electrons. The molecule has 0 aromatic heterocycles. The van der Waals surface area contributed by atoms with Crippen LogP contribution in [-0.4, -0.2) is 30.3 Å². The molecule has 1 saturated heterocycles. The Bertz CT molecular complexity index is 270. The van der Waals surface area contributed by atoms with Crippen LogP contribution >= 0.6 is 11.8 Å².